The second kappa shape index (κ2) is 4.57. The van der Waals surface area contributed by atoms with Crippen molar-refractivity contribution in [2.24, 2.45) is 0 Å². The molecule has 4 heteroatoms. The first-order valence-electron chi connectivity index (χ1n) is 5.26. The molecule has 2 N–H and O–H groups in total. The highest BCUT2D eigenvalue weighted by Gasteiger charge is 2.23. The van der Waals surface area contributed by atoms with Crippen LogP contribution in [-0.4, -0.2) is 27.9 Å². The lowest BCUT2D eigenvalue weighted by Crippen LogP contribution is -2.20. The Bertz CT molecular complexity index is 417. The number of aryl methyl sites for hydroxylation is 1. The van der Waals surface area contributed by atoms with Crippen molar-refractivity contribution < 1.29 is 15.0 Å². The summed E-state index contributed by atoms with van der Waals surface area (Å²) in [5.41, 5.74) is 2.29. The summed E-state index contributed by atoms with van der Waals surface area (Å²) in [7, 11) is 0. The van der Waals surface area contributed by atoms with E-state index in [1.54, 1.807) is 12.1 Å². The fraction of sp³-hybridized carbons (Fsp3) is 0.417. The van der Waals surface area contributed by atoms with Crippen LogP contribution in [0.2, 0.25) is 0 Å². The minimum absolute atomic E-state index is 0.115. The first-order chi connectivity index (χ1) is 7.63. The van der Waals surface area contributed by atoms with Gasteiger partial charge < -0.3 is 10.2 Å². The van der Waals surface area contributed by atoms with Crippen LogP contribution < -0.4 is 0 Å². The van der Waals surface area contributed by atoms with Crippen molar-refractivity contribution in [3.63, 3.8) is 0 Å². The van der Waals surface area contributed by atoms with E-state index in [1.165, 1.54) is 0 Å². The number of Topliss-reactive ketones (excluding diaryl/α,β-unsaturated/α-hetero) is 1. The monoisotopic (exact) mass is 238 g/mol. The molecule has 2 unspecified atom stereocenters. The Kier molecular flexibility index (Phi) is 3.33. The van der Waals surface area contributed by atoms with Crippen molar-refractivity contribution >= 4 is 18.4 Å². The Morgan fingerprint density at radius 1 is 1.31 bits per heavy atom. The molecule has 2 atom stereocenters. The summed E-state index contributed by atoms with van der Waals surface area (Å²) in [6.45, 7) is 0. The summed E-state index contributed by atoms with van der Waals surface area (Å²) in [5.74, 6) is 0.302. The molecule has 0 saturated carbocycles. The van der Waals surface area contributed by atoms with Crippen LogP contribution in [-0.2, 0) is 6.42 Å². The molecule has 1 aliphatic carbocycles. The van der Waals surface area contributed by atoms with Gasteiger partial charge in [-0.25, -0.2) is 0 Å². The molecule has 1 aliphatic rings. The van der Waals surface area contributed by atoms with Crippen LogP contribution in [0, 0.1) is 0 Å². The lowest BCUT2D eigenvalue weighted by Gasteiger charge is -2.16. The van der Waals surface area contributed by atoms with Crippen molar-refractivity contribution in [3.05, 3.63) is 34.9 Å². The molecule has 3 nitrogen and oxygen atoms in total. The second-order valence-corrected chi connectivity index (χ2v) is 4.40. The highest BCUT2D eigenvalue weighted by molar-refractivity contribution is 7.80. The van der Waals surface area contributed by atoms with E-state index >= 15 is 0 Å². The van der Waals surface area contributed by atoms with Gasteiger partial charge in [0.1, 0.15) is 6.10 Å². The maximum atomic E-state index is 11.5. The average molecular weight is 238 g/mol. The molecule has 0 heterocycles. The lowest BCUT2D eigenvalue weighted by molar-refractivity contribution is 0.0337. The number of fused-ring (bicyclic) bond motifs is 1. The van der Waals surface area contributed by atoms with Gasteiger partial charge in [0.2, 0.25) is 0 Å². The predicted octanol–water partition coefficient (Wildman–Crippen LogP) is 1.14. The molecule has 0 aromatic heterocycles. The van der Waals surface area contributed by atoms with Crippen molar-refractivity contribution in [2.45, 2.75) is 25.0 Å². The molecule has 0 aliphatic heterocycles. The van der Waals surface area contributed by atoms with Crippen LogP contribution in [0.4, 0.5) is 0 Å². The van der Waals surface area contributed by atoms with E-state index in [9.17, 15) is 15.0 Å². The first-order valence-corrected chi connectivity index (χ1v) is 5.89. The van der Waals surface area contributed by atoms with Crippen LogP contribution >= 0.6 is 12.6 Å². The third kappa shape index (κ3) is 2.00. The maximum Gasteiger partial charge on any atom is 0.163 e. The fourth-order valence-electron chi connectivity index (χ4n) is 1.96. The number of aliphatic hydroxyl groups excluding tert-OH is 2. The minimum Gasteiger partial charge on any atom is -0.389 e. The quantitative estimate of drug-likeness (QED) is 0.692. The van der Waals surface area contributed by atoms with E-state index in [0.29, 0.717) is 17.5 Å². The summed E-state index contributed by atoms with van der Waals surface area (Å²) in [6.07, 6.45) is -0.557. The fourth-order valence-corrected chi connectivity index (χ4v) is 2.16. The van der Waals surface area contributed by atoms with Gasteiger partial charge in [0, 0.05) is 17.7 Å². The minimum atomic E-state index is -0.976. The predicted molar refractivity (Wildman–Crippen MR) is 63.9 cm³/mol. The van der Waals surface area contributed by atoms with Crippen LogP contribution in [0.3, 0.4) is 0 Å². The van der Waals surface area contributed by atoms with Crippen molar-refractivity contribution in [1.82, 2.24) is 0 Å². The van der Waals surface area contributed by atoms with Gasteiger partial charge in [-0.05, 0) is 23.6 Å². The van der Waals surface area contributed by atoms with Crippen molar-refractivity contribution in [2.75, 3.05) is 5.75 Å². The smallest absolute Gasteiger partial charge is 0.163 e. The van der Waals surface area contributed by atoms with E-state index in [-0.39, 0.29) is 11.5 Å². The zero-order valence-electron chi connectivity index (χ0n) is 8.76. The first kappa shape index (κ1) is 11.6. The summed E-state index contributed by atoms with van der Waals surface area (Å²) in [6, 6.07) is 5.29. The molecule has 16 heavy (non-hydrogen) atoms. The highest BCUT2D eigenvalue weighted by atomic mass is 32.1. The zero-order valence-corrected chi connectivity index (χ0v) is 9.65. The Balaban J connectivity index is 2.31. The number of hydrogen-bond acceptors (Lipinski definition) is 4. The molecular weight excluding hydrogens is 224 g/mol. The molecule has 0 saturated heterocycles. The van der Waals surface area contributed by atoms with E-state index in [1.807, 2.05) is 6.07 Å². The zero-order chi connectivity index (χ0) is 11.7. The highest BCUT2D eigenvalue weighted by Crippen LogP contribution is 2.26. The number of hydrogen-bond donors (Lipinski definition) is 3. The number of aliphatic hydroxyl groups is 2. The Morgan fingerprint density at radius 2 is 2.06 bits per heavy atom. The molecule has 0 radical (unpaired) electrons. The van der Waals surface area contributed by atoms with Crippen molar-refractivity contribution in [3.8, 4) is 0 Å². The molecule has 1 aromatic carbocycles. The van der Waals surface area contributed by atoms with Crippen LogP contribution in [0.15, 0.2) is 18.2 Å². The number of carbonyl (C=O) groups excluding carboxylic acids is 1. The molecule has 0 fully saturated rings. The van der Waals surface area contributed by atoms with Gasteiger partial charge in [0.25, 0.3) is 0 Å². The van der Waals surface area contributed by atoms with E-state index in [2.05, 4.69) is 12.6 Å². The van der Waals surface area contributed by atoms with E-state index in [4.69, 9.17) is 0 Å². The summed E-state index contributed by atoms with van der Waals surface area (Å²) >= 11 is 3.93. The summed E-state index contributed by atoms with van der Waals surface area (Å²) < 4.78 is 0. The summed E-state index contributed by atoms with van der Waals surface area (Å²) in [4.78, 5) is 11.5. The topological polar surface area (TPSA) is 57.5 Å². The SMILES string of the molecule is O=C1CCc2ccc(C(O)C(O)CS)cc21. The lowest BCUT2D eigenvalue weighted by atomic mass is 10.00. The molecule has 86 valence electrons. The number of ketones is 1. The Morgan fingerprint density at radius 3 is 2.75 bits per heavy atom. The average Bonchev–Trinajstić information content (AvgIpc) is 2.68. The van der Waals surface area contributed by atoms with Gasteiger partial charge >= 0.3 is 0 Å². The summed E-state index contributed by atoms with van der Waals surface area (Å²) in [5, 5.41) is 19.3. The Labute approximate surface area is 99.5 Å². The number of thiol groups is 1. The van der Waals surface area contributed by atoms with Crippen LogP contribution in [0.5, 0.6) is 0 Å². The maximum absolute atomic E-state index is 11.5. The van der Waals surface area contributed by atoms with Crippen molar-refractivity contribution in [1.29, 1.82) is 0 Å². The normalized spacial score (nSPS) is 18.3. The number of benzene rings is 1. The third-order valence-corrected chi connectivity index (χ3v) is 3.32. The van der Waals surface area contributed by atoms with Crippen LogP contribution in [0.1, 0.15) is 34.0 Å². The third-order valence-electron chi connectivity index (χ3n) is 2.95. The largest absolute Gasteiger partial charge is 0.389 e. The van der Waals surface area contributed by atoms with E-state index in [0.717, 1.165) is 12.0 Å². The van der Waals surface area contributed by atoms with E-state index < -0.39 is 12.2 Å². The standard InChI is InChI=1S/C12H14O3S/c13-10-4-3-7-1-2-8(5-9(7)10)12(15)11(14)6-16/h1-2,5,11-12,14-16H,3-4,6H2. The molecular formula is C12H14O3S. The Hall–Kier alpha value is -0.840. The molecule has 0 spiro atoms. The molecule has 1 aromatic rings. The molecule has 2 rings (SSSR count). The van der Waals surface area contributed by atoms with Gasteiger partial charge in [-0.3, -0.25) is 4.79 Å². The molecule has 0 bridgehead atoms. The van der Waals surface area contributed by atoms with Gasteiger partial charge in [0.15, 0.2) is 5.78 Å². The van der Waals surface area contributed by atoms with Gasteiger partial charge in [-0.15, -0.1) is 0 Å². The van der Waals surface area contributed by atoms with Crippen LogP contribution in [0.25, 0.3) is 0 Å². The molecule has 0 amide bonds. The second-order valence-electron chi connectivity index (χ2n) is 4.03. The number of rotatable bonds is 3. The van der Waals surface area contributed by atoms with Gasteiger partial charge in [-0.2, -0.15) is 12.6 Å². The number of carbonyl (C=O) groups is 1. The van der Waals surface area contributed by atoms with Gasteiger partial charge in [-0.1, -0.05) is 12.1 Å². The van der Waals surface area contributed by atoms with Gasteiger partial charge in [0.05, 0.1) is 6.10 Å².